The van der Waals surface area contributed by atoms with Crippen LogP contribution in [0.2, 0.25) is 0 Å². The van der Waals surface area contributed by atoms with Crippen LogP contribution in [0.25, 0.3) is 0 Å². The van der Waals surface area contributed by atoms with E-state index in [1.165, 1.54) is 10.4 Å². The first-order chi connectivity index (χ1) is 14.5. The minimum atomic E-state index is -3.67. The fourth-order valence-corrected chi connectivity index (χ4v) is 5.23. The molecule has 0 bridgehead atoms. The summed E-state index contributed by atoms with van der Waals surface area (Å²) < 4.78 is 39.0. The lowest BCUT2D eigenvalue weighted by Crippen LogP contribution is -2.26. The highest BCUT2D eigenvalue weighted by Gasteiger charge is 2.32. The fraction of sp³-hybridized carbons (Fsp3) is 0.217. The van der Waals surface area contributed by atoms with Crippen molar-refractivity contribution in [2.45, 2.75) is 23.9 Å². The molecule has 2 aromatic carbocycles. The van der Waals surface area contributed by atoms with Gasteiger partial charge in [-0.05, 0) is 41.8 Å². The molecule has 0 spiro atoms. The van der Waals surface area contributed by atoms with Crippen LogP contribution < -0.4 is 9.47 Å². The molecule has 3 heterocycles. The van der Waals surface area contributed by atoms with Crippen LogP contribution in [0.4, 0.5) is 0 Å². The lowest BCUT2D eigenvalue weighted by Gasteiger charge is -2.20. The number of fused-ring (bicyclic) bond motifs is 2. The Bertz CT molecular complexity index is 1200. The molecule has 2 aliphatic rings. The number of pyridine rings is 1. The quantitative estimate of drug-likeness (QED) is 0.645. The molecule has 3 aromatic rings. The maximum absolute atomic E-state index is 13.2. The second-order valence-electron chi connectivity index (χ2n) is 7.42. The lowest BCUT2D eigenvalue weighted by atomic mass is 9.96. The third kappa shape index (κ3) is 3.34. The second-order valence-corrected chi connectivity index (χ2v) is 9.36. The summed E-state index contributed by atoms with van der Waals surface area (Å²) in [6.07, 6.45) is 1.77. The van der Waals surface area contributed by atoms with E-state index in [4.69, 9.17) is 9.47 Å². The van der Waals surface area contributed by atoms with Gasteiger partial charge in [-0.3, -0.25) is 4.98 Å². The van der Waals surface area contributed by atoms with Gasteiger partial charge in [0.15, 0.2) is 11.5 Å². The number of sulfonamides is 1. The normalized spacial score (nSPS) is 16.8. The number of hydrogen-bond donors (Lipinski definition) is 0. The highest BCUT2D eigenvalue weighted by atomic mass is 32.2. The molecule has 0 saturated carbocycles. The maximum Gasteiger partial charge on any atom is 0.243 e. The molecular weight excluding hydrogens is 400 g/mol. The van der Waals surface area contributed by atoms with E-state index in [1.807, 2.05) is 36.4 Å². The van der Waals surface area contributed by atoms with Crippen LogP contribution in [0.5, 0.6) is 11.5 Å². The molecule has 2 aliphatic heterocycles. The average Bonchev–Trinajstić information content (AvgIpc) is 3.23. The second kappa shape index (κ2) is 7.41. The molecule has 0 N–H and O–H groups in total. The number of rotatable bonds is 4. The zero-order valence-corrected chi connectivity index (χ0v) is 17.1. The van der Waals surface area contributed by atoms with Gasteiger partial charge in [0.25, 0.3) is 0 Å². The van der Waals surface area contributed by atoms with E-state index >= 15 is 0 Å². The van der Waals surface area contributed by atoms with Crippen molar-refractivity contribution in [2.75, 3.05) is 13.2 Å². The van der Waals surface area contributed by atoms with Crippen molar-refractivity contribution in [3.05, 3.63) is 90.1 Å². The number of hydrogen-bond acceptors (Lipinski definition) is 5. The van der Waals surface area contributed by atoms with Crippen LogP contribution in [-0.2, 0) is 23.1 Å². The molecule has 30 heavy (non-hydrogen) atoms. The summed E-state index contributed by atoms with van der Waals surface area (Å²) in [6, 6.07) is 16.7. The minimum absolute atomic E-state index is 0.111. The molecule has 1 aromatic heterocycles. The van der Waals surface area contributed by atoms with Gasteiger partial charge in [0.05, 0.1) is 4.90 Å². The Hall–Kier alpha value is -2.90. The monoisotopic (exact) mass is 421 g/mol. The van der Waals surface area contributed by atoms with E-state index in [9.17, 15) is 8.42 Å². The Kier molecular flexibility index (Phi) is 4.72. The van der Waals surface area contributed by atoms with Gasteiger partial charge in [0, 0.05) is 37.0 Å². The fourth-order valence-electron chi connectivity index (χ4n) is 3.82. The first-order valence-electron chi connectivity index (χ1n) is 9.78. The summed E-state index contributed by atoms with van der Waals surface area (Å²) in [5.41, 5.74) is 3.79. The molecule has 5 rings (SSSR count). The predicted octanol–water partition coefficient (Wildman–Crippen LogP) is 3.52. The molecular formula is C23H21N2O4S. The van der Waals surface area contributed by atoms with E-state index in [0.717, 1.165) is 22.4 Å². The summed E-state index contributed by atoms with van der Waals surface area (Å²) in [5.74, 6) is 0.923. The summed E-state index contributed by atoms with van der Waals surface area (Å²) in [7, 11) is -3.67. The SMILES string of the molecule is [CH2][C@H](c1ccccc1)c1cc2c(cn1)CN(S(=O)(=O)c1ccc3c(c1)OCCO3)C2. The molecule has 6 nitrogen and oxygen atoms in total. The predicted molar refractivity (Wildman–Crippen MR) is 112 cm³/mol. The largest absolute Gasteiger partial charge is 0.486 e. The number of aromatic nitrogens is 1. The van der Waals surface area contributed by atoms with Crippen LogP contribution in [-0.4, -0.2) is 30.9 Å². The molecule has 0 amide bonds. The Balaban J connectivity index is 1.40. The lowest BCUT2D eigenvalue weighted by molar-refractivity contribution is 0.171. The van der Waals surface area contributed by atoms with Gasteiger partial charge < -0.3 is 9.47 Å². The first-order valence-corrected chi connectivity index (χ1v) is 11.2. The molecule has 1 radical (unpaired) electrons. The van der Waals surface area contributed by atoms with Gasteiger partial charge in [-0.15, -0.1) is 0 Å². The van der Waals surface area contributed by atoms with Crippen molar-refractivity contribution < 1.29 is 17.9 Å². The average molecular weight is 421 g/mol. The molecule has 1 atom stereocenters. The number of benzene rings is 2. The minimum Gasteiger partial charge on any atom is -0.486 e. The van der Waals surface area contributed by atoms with Crippen LogP contribution in [0.1, 0.15) is 28.3 Å². The molecule has 7 heteroatoms. The van der Waals surface area contributed by atoms with Gasteiger partial charge >= 0.3 is 0 Å². The van der Waals surface area contributed by atoms with Gasteiger partial charge in [0.1, 0.15) is 13.2 Å². The van der Waals surface area contributed by atoms with Gasteiger partial charge in [-0.2, -0.15) is 4.31 Å². The Morgan fingerprint density at radius 3 is 2.47 bits per heavy atom. The zero-order valence-electron chi connectivity index (χ0n) is 16.3. The van der Waals surface area contributed by atoms with Gasteiger partial charge in [-0.1, -0.05) is 30.3 Å². The van der Waals surface area contributed by atoms with E-state index in [1.54, 1.807) is 18.3 Å². The highest BCUT2D eigenvalue weighted by Crippen LogP contribution is 2.36. The van der Waals surface area contributed by atoms with Crippen LogP contribution in [0.3, 0.4) is 0 Å². The molecule has 0 unspecified atom stereocenters. The van der Waals surface area contributed by atoms with Crippen molar-refractivity contribution in [3.63, 3.8) is 0 Å². The van der Waals surface area contributed by atoms with Gasteiger partial charge in [0.2, 0.25) is 10.0 Å². The highest BCUT2D eigenvalue weighted by molar-refractivity contribution is 7.89. The molecule has 0 fully saturated rings. The third-order valence-electron chi connectivity index (χ3n) is 5.51. The molecule has 0 aliphatic carbocycles. The van der Waals surface area contributed by atoms with Crippen molar-refractivity contribution in [1.29, 1.82) is 0 Å². The summed E-state index contributed by atoms with van der Waals surface area (Å²) >= 11 is 0. The Morgan fingerprint density at radius 2 is 1.67 bits per heavy atom. The van der Waals surface area contributed by atoms with E-state index in [-0.39, 0.29) is 10.8 Å². The summed E-state index contributed by atoms with van der Waals surface area (Å²) in [5, 5.41) is 0. The van der Waals surface area contributed by atoms with E-state index in [2.05, 4.69) is 11.9 Å². The van der Waals surface area contributed by atoms with Crippen LogP contribution >= 0.6 is 0 Å². The number of ether oxygens (including phenoxy) is 2. The standard InChI is InChI=1S/C23H21N2O4S/c1-16(17-5-3-2-4-6-17)21-11-18-14-25(15-19(18)13-24-21)30(26,27)20-7-8-22-23(12-20)29-10-9-28-22/h2-8,11-13,16H,1,9-10,14-15H2/t16-/m1/s1. The Labute approximate surface area is 176 Å². The van der Waals surface area contributed by atoms with E-state index < -0.39 is 10.0 Å². The summed E-state index contributed by atoms with van der Waals surface area (Å²) in [4.78, 5) is 4.75. The van der Waals surface area contributed by atoms with E-state index in [0.29, 0.717) is 37.8 Å². The van der Waals surface area contributed by atoms with Gasteiger partial charge in [-0.25, -0.2) is 8.42 Å². The maximum atomic E-state index is 13.2. The van der Waals surface area contributed by atoms with Crippen molar-refractivity contribution in [1.82, 2.24) is 9.29 Å². The molecule has 153 valence electrons. The summed E-state index contributed by atoms with van der Waals surface area (Å²) in [6.45, 7) is 5.72. The third-order valence-corrected chi connectivity index (χ3v) is 7.30. The first kappa shape index (κ1) is 19.1. The van der Waals surface area contributed by atoms with Crippen molar-refractivity contribution in [2.24, 2.45) is 0 Å². The van der Waals surface area contributed by atoms with Crippen LogP contribution in [0, 0.1) is 6.92 Å². The smallest absolute Gasteiger partial charge is 0.243 e. The Morgan fingerprint density at radius 1 is 0.933 bits per heavy atom. The topological polar surface area (TPSA) is 68.7 Å². The van der Waals surface area contributed by atoms with Crippen molar-refractivity contribution >= 4 is 10.0 Å². The number of nitrogens with zero attached hydrogens (tertiary/aromatic N) is 2. The zero-order chi connectivity index (χ0) is 20.7. The molecule has 0 saturated heterocycles. The van der Waals surface area contributed by atoms with Crippen molar-refractivity contribution in [3.8, 4) is 11.5 Å². The van der Waals surface area contributed by atoms with Crippen LogP contribution in [0.15, 0.2) is 65.7 Å².